The molecule has 0 saturated heterocycles. The van der Waals surface area contributed by atoms with E-state index in [1.165, 1.54) is 6.08 Å². The van der Waals surface area contributed by atoms with Gasteiger partial charge in [-0.3, -0.25) is 4.68 Å². The van der Waals surface area contributed by atoms with Crippen LogP contribution >= 0.6 is 0 Å². The third-order valence-electron chi connectivity index (χ3n) is 1.93. The van der Waals surface area contributed by atoms with Gasteiger partial charge in [-0.25, -0.2) is 4.79 Å². The maximum atomic E-state index is 10.4. The number of nitrogens with zero attached hydrogens (tertiary/aromatic N) is 2. The fourth-order valence-electron chi connectivity index (χ4n) is 1.25. The highest BCUT2D eigenvalue weighted by Crippen LogP contribution is 2.08. The van der Waals surface area contributed by atoms with Gasteiger partial charge < -0.3 is 5.11 Å². The highest BCUT2D eigenvalue weighted by molar-refractivity contribution is 5.81. The number of allylic oxidation sites excluding steroid dienone is 2. The van der Waals surface area contributed by atoms with Gasteiger partial charge in [-0.2, -0.15) is 5.10 Å². The van der Waals surface area contributed by atoms with Gasteiger partial charge >= 0.3 is 5.97 Å². The molecule has 0 atom stereocenters. The molecule has 0 aromatic carbocycles. The summed E-state index contributed by atoms with van der Waals surface area (Å²) in [5.74, 6) is -0.931. The van der Waals surface area contributed by atoms with Gasteiger partial charge in [0.1, 0.15) is 0 Å². The largest absolute Gasteiger partial charge is 0.478 e. The molecule has 1 heterocycles. The first kappa shape index (κ1) is 11.2. The second kappa shape index (κ2) is 4.59. The Labute approximate surface area is 88.5 Å². The number of aryl methyl sites for hydroxylation is 2. The van der Waals surface area contributed by atoms with Crippen molar-refractivity contribution in [2.45, 2.75) is 13.8 Å². The van der Waals surface area contributed by atoms with Crippen LogP contribution in [0.15, 0.2) is 23.9 Å². The number of hydrogen-bond donors (Lipinski definition) is 1. The summed E-state index contributed by atoms with van der Waals surface area (Å²) in [6.07, 6.45) is 6.68. The third-order valence-corrected chi connectivity index (χ3v) is 1.93. The Balaban J connectivity index is 2.82. The normalized spacial score (nSPS) is 12.3. The van der Waals surface area contributed by atoms with E-state index in [2.05, 4.69) is 5.10 Å². The minimum atomic E-state index is -0.931. The predicted molar refractivity (Wildman–Crippen MR) is 58.4 cm³/mol. The van der Waals surface area contributed by atoms with Crippen LogP contribution < -0.4 is 0 Å². The maximum Gasteiger partial charge on any atom is 0.328 e. The zero-order chi connectivity index (χ0) is 11.4. The molecule has 1 N–H and O–H groups in total. The van der Waals surface area contributed by atoms with Crippen molar-refractivity contribution in [3.8, 4) is 0 Å². The van der Waals surface area contributed by atoms with Crippen molar-refractivity contribution in [2.75, 3.05) is 0 Å². The lowest BCUT2D eigenvalue weighted by atomic mass is 10.2. The first-order valence-electron chi connectivity index (χ1n) is 4.58. The lowest BCUT2D eigenvalue weighted by Crippen LogP contribution is -1.87. The van der Waals surface area contributed by atoms with Crippen LogP contribution in [0.1, 0.15) is 18.2 Å². The topological polar surface area (TPSA) is 55.1 Å². The monoisotopic (exact) mass is 206 g/mol. The quantitative estimate of drug-likeness (QED) is 0.605. The molecule has 0 spiro atoms. The molecule has 4 heteroatoms. The Morgan fingerprint density at radius 2 is 2.27 bits per heavy atom. The van der Waals surface area contributed by atoms with Crippen LogP contribution in [0.4, 0.5) is 0 Å². The van der Waals surface area contributed by atoms with E-state index in [4.69, 9.17) is 5.11 Å². The molecule has 0 aliphatic heterocycles. The van der Waals surface area contributed by atoms with Crippen LogP contribution in [-0.4, -0.2) is 20.9 Å². The maximum absolute atomic E-state index is 10.4. The van der Waals surface area contributed by atoms with Gasteiger partial charge in [0.05, 0.1) is 5.69 Å². The molecular formula is C11H14N2O2. The van der Waals surface area contributed by atoms with Crippen LogP contribution in [0.25, 0.3) is 6.08 Å². The summed E-state index contributed by atoms with van der Waals surface area (Å²) in [5, 5.41) is 12.7. The average molecular weight is 206 g/mol. The number of carbonyl (C=O) groups is 1. The summed E-state index contributed by atoms with van der Waals surface area (Å²) in [7, 11) is 1.85. The summed E-state index contributed by atoms with van der Waals surface area (Å²) in [6, 6.07) is 0. The SMILES string of the molecule is CC(=C/C(=O)O)/C=C/c1cn(C)nc1C. The molecule has 1 rings (SSSR count). The van der Waals surface area contributed by atoms with E-state index in [9.17, 15) is 4.79 Å². The van der Waals surface area contributed by atoms with Gasteiger partial charge in [0.15, 0.2) is 0 Å². The molecule has 1 aromatic rings. The number of aliphatic carboxylic acids is 1. The molecule has 4 nitrogen and oxygen atoms in total. The Kier molecular flexibility index (Phi) is 3.44. The zero-order valence-electron chi connectivity index (χ0n) is 9.06. The van der Waals surface area contributed by atoms with Gasteiger partial charge in [-0.05, 0) is 19.4 Å². The van der Waals surface area contributed by atoms with E-state index < -0.39 is 5.97 Å². The van der Waals surface area contributed by atoms with Crippen molar-refractivity contribution >= 4 is 12.0 Å². The van der Waals surface area contributed by atoms with Gasteiger partial charge in [0.2, 0.25) is 0 Å². The third kappa shape index (κ3) is 3.42. The second-order valence-corrected chi connectivity index (χ2v) is 3.40. The summed E-state index contributed by atoms with van der Waals surface area (Å²) in [4.78, 5) is 10.4. The summed E-state index contributed by atoms with van der Waals surface area (Å²) < 4.78 is 1.73. The predicted octanol–water partition coefficient (Wildman–Crippen LogP) is 1.77. The van der Waals surface area contributed by atoms with Gasteiger partial charge in [0.25, 0.3) is 0 Å². The Morgan fingerprint density at radius 1 is 1.60 bits per heavy atom. The zero-order valence-corrected chi connectivity index (χ0v) is 9.06. The lowest BCUT2D eigenvalue weighted by molar-refractivity contribution is -0.131. The van der Waals surface area contributed by atoms with E-state index in [0.29, 0.717) is 5.57 Å². The molecule has 15 heavy (non-hydrogen) atoms. The minimum absolute atomic E-state index is 0.700. The van der Waals surface area contributed by atoms with Crippen LogP contribution in [0, 0.1) is 6.92 Å². The molecule has 80 valence electrons. The molecule has 0 aliphatic carbocycles. The number of carboxylic acid groups (broad SMARTS) is 1. The van der Waals surface area contributed by atoms with Gasteiger partial charge in [-0.15, -0.1) is 0 Å². The summed E-state index contributed by atoms with van der Waals surface area (Å²) in [5.41, 5.74) is 2.62. The number of carboxylic acids is 1. The van der Waals surface area contributed by atoms with Crippen LogP contribution in [0.2, 0.25) is 0 Å². The number of aromatic nitrogens is 2. The molecule has 0 aliphatic rings. The molecular weight excluding hydrogens is 192 g/mol. The first-order valence-corrected chi connectivity index (χ1v) is 4.58. The Hall–Kier alpha value is -1.84. The molecule has 0 fully saturated rings. The van der Waals surface area contributed by atoms with E-state index in [-0.39, 0.29) is 0 Å². The Bertz CT molecular complexity index is 428. The van der Waals surface area contributed by atoms with E-state index >= 15 is 0 Å². The van der Waals surface area contributed by atoms with Crippen LogP contribution in [0.3, 0.4) is 0 Å². The van der Waals surface area contributed by atoms with Gasteiger partial charge in [0, 0.05) is 24.9 Å². The van der Waals surface area contributed by atoms with Crippen molar-refractivity contribution in [2.24, 2.45) is 7.05 Å². The van der Waals surface area contributed by atoms with Crippen molar-refractivity contribution in [1.29, 1.82) is 0 Å². The molecule has 0 saturated carbocycles. The fourth-order valence-corrected chi connectivity index (χ4v) is 1.25. The smallest absolute Gasteiger partial charge is 0.328 e. The molecule has 1 aromatic heterocycles. The van der Waals surface area contributed by atoms with E-state index in [0.717, 1.165) is 11.3 Å². The Morgan fingerprint density at radius 3 is 2.73 bits per heavy atom. The summed E-state index contributed by atoms with van der Waals surface area (Å²) in [6.45, 7) is 3.66. The van der Waals surface area contributed by atoms with Crippen molar-refractivity contribution in [3.05, 3.63) is 35.2 Å². The number of hydrogen-bond acceptors (Lipinski definition) is 2. The molecule has 0 radical (unpaired) electrons. The fraction of sp³-hybridized carbons (Fsp3) is 0.273. The highest BCUT2D eigenvalue weighted by atomic mass is 16.4. The van der Waals surface area contributed by atoms with E-state index in [1.54, 1.807) is 17.7 Å². The van der Waals surface area contributed by atoms with Gasteiger partial charge in [-0.1, -0.05) is 12.2 Å². The van der Waals surface area contributed by atoms with Crippen LogP contribution in [0.5, 0.6) is 0 Å². The molecule has 0 bridgehead atoms. The minimum Gasteiger partial charge on any atom is -0.478 e. The first-order chi connectivity index (χ1) is 6.99. The van der Waals surface area contributed by atoms with Crippen molar-refractivity contribution in [3.63, 3.8) is 0 Å². The average Bonchev–Trinajstić information content (AvgIpc) is 2.40. The van der Waals surface area contributed by atoms with Crippen molar-refractivity contribution < 1.29 is 9.90 Å². The second-order valence-electron chi connectivity index (χ2n) is 3.40. The van der Waals surface area contributed by atoms with Crippen molar-refractivity contribution in [1.82, 2.24) is 9.78 Å². The van der Waals surface area contributed by atoms with E-state index in [1.807, 2.05) is 26.2 Å². The van der Waals surface area contributed by atoms with Crippen LogP contribution in [-0.2, 0) is 11.8 Å². The summed E-state index contributed by atoms with van der Waals surface area (Å²) >= 11 is 0. The highest BCUT2D eigenvalue weighted by Gasteiger charge is 1.98. The molecule has 0 unspecified atom stereocenters. The number of rotatable bonds is 3. The lowest BCUT2D eigenvalue weighted by Gasteiger charge is -1.89. The molecule has 0 amide bonds. The standard InChI is InChI=1S/C11H14N2O2/c1-8(6-11(14)15)4-5-10-7-13(3)12-9(10)2/h4-7H,1-3H3,(H,14,15)/b5-4+,8-6-.